The molecule has 1 amide bonds. The quantitative estimate of drug-likeness (QED) is 0.696. The first-order valence-electron chi connectivity index (χ1n) is 9.34. The minimum absolute atomic E-state index is 0.000823. The average molecular weight is 413 g/mol. The predicted octanol–water partition coefficient (Wildman–Crippen LogP) is 4.14. The third kappa shape index (κ3) is 4.24. The van der Waals surface area contributed by atoms with Gasteiger partial charge in [-0.1, -0.05) is 18.2 Å². The Hall–Kier alpha value is -3.49. The molecule has 1 atom stereocenters. The third-order valence-electron chi connectivity index (χ3n) is 5.07. The van der Waals surface area contributed by atoms with Crippen LogP contribution in [0.2, 0.25) is 0 Å². The largest absolute Gasteiger partial charge is 0.417 e. The molecule has 1 N–H and O–H groups in total. The summed E-state index contributed by atoms with van der Waals surface area (Å²) >= 11 is 0. The van der Waals surface area contributed by atoms with Gasteiger partial charge in [0.05, 0.1) is 35.5 Å². The second kappa shape index (κ2) is 8.10. The van der Waals surface area contributed by atoms with Crippen molar-refractivity contribution in [3.63, 3.8) is 0 Å². The second-order valence-electron chi connectivity index (χ2n) is 7.03. The molecule has 0 radical (unpaired) electrons. The van der Waals surface area contributed by atoms with E-state index >= 15 is 0 Å². The number of aromatic nitrogens is 3. The zero-order valence-corrected chi connectivity index (χ0v) is 15.8. The summed E-state index contributed by atoms with van der Waals surface area (Å²) in [6, 6.07) is 8.03. The monoisotopic (exact) mass is 413 g/mol. The number of nitrogens with one attached hydrogen (secondary N) is 1. The van der Waals surface area contributed by atoms with Crippen LogP contribution in [0.1, 0.15) is 33.8 Å². The van der Waals surface area contributed by atoms with E-state index in [4.69, 9.17) is 0 Å². The minimum Gasteiger partial charge on any atom is -0.368 e. The van der Waals surface area contributed by atoms with E-state index in [0.717, 1.165) is 36.5 Å². The zero-order valence-electron chi connectivity index (χ0n) is 15.8. The number of anilines is 2. The molecule has 0 spiro atoms. The molecular weight excluding hydrogens is 395 g/mol. The van der Waals surface area contributed by atoms with Gasteiger partial charge in [0.1, 0.15) is 6.33 Å². The highest BCUT2D eigenvalue weighted by Crippen LogP contribution is 2.33. The first-order chi connectivity index (χ1) is 14.4. The van der Waals surface area contributed by atoms with Gasteiger partial charge >= 0.3 is 6.18 Å². The van der Waals surface area contributed by atoms with E-state index < -0.39 is 17.6 Å². The Morgan fingerprint density at radius 3 is 2.60 bits per heavy atom. The molecule has 1 saturated heterocycles. The Balaban J connectivity index is 1.53. The number of pyridine rings is 1. The van der Waals surface area contributed by atoms with Crippen molar-refractivity contribution in [3.05, 3.63) is 78.1 Å². The average Bonchev–Trinajstić information content (AvgIpc) is 3.24. The molecule has 3 aromatic rings. The number of amides is 1. The summed E-state index contributed by atoms with van der Waals surface area (Å²) in [5.41, 5.74) is 1.29. The summed E-state index contributed by atoms with van der Waals surface area (Å²) in [5.74, 6) is -0.361. The highest BCUT2D eigenvalue weighted by atomic mass is 19.4. The maximum atomic E-state index is 12.9. The van der Waals surface area contributed by atoms with E-state index in [1.54, 1.807) is 24.5 Å². The summed E-state index contributed by atoms with van der Waals surface area (Å²) in [5, 5.41) is 2.54. The SMILES string of the molecule is O=C(Nc1cncc(C(F)(F)F)c1)c1ccccc1C1CCN(c2cncnc2)C1. The van der Waals surface area contributed by atoms with Gasteiger partial charge in [-0.3, -0.25) is 9.78 Å². The summed E-state index contributed by atoms with van der Waals surface area (Å²) in [6.07, 6.45) is 3.19. The Morgan fingerprint density at radius 1 is 1.07 bits per heavy atom. The van der Waals surface area contributed by atoms with Crippen LogP contribution >= 0.6 is 0 Å². The van der Waals surface area contributed by atoms with Crippen molar-refractivity contribution in [2.75, 3.05) is 23.3 Å². The van der Waals surface area contributed by atoms with Crippen molar-refractivity contribution < 1.29 is 18.0 Å². The van der Waals surface area contributed by atoms with Gasteiger partial charge < -0.3 is 10.2 Å². The van der Waals surface area contributed by atoms with Crippen molar-refractivity contribution in [2.45, 2.75) is 18.5 Å². The minimum atomic E-state index is -4.53. The molecule has 1 aromatic carbocycles. The molecule has 30 heavy (non-hydrogen) atoms. The summed E-state index contributed by atoms with van der Waals surface area (Å²) in [6.45, 7) is 1.49. The van der Waals surface area contributed by atoms with Gasteiger partial charge in [0.25, 0.3) is 5.91 Å². The van der Waals surface area contributed by atoms with E-state index in [1.807, 2.05) is 12.1 Å². The number of carbonyl (C=O) groups excluding carboxylic acids is 1. The van der Waals surface area contributed by atoms with Gasteiger partial charge in [-0.15, -0.1) is 0 Å². The molecule has 6 nitrogen and oxygen atoms in total. The van der Waals surface area contributed by atoms with Gasteiger partial charge in [0.15, 0.2) is 0 Å². The Kier molecular flexibility index (Phi) is 5.35. The van der Waals surface area contributed by atoms with Crippen LogP contribution in [0, 0.1) is 0 Å². The molecule has 1 fully saturated rings. The maximum Gasteiger partial charge on any atom is 0.417 e. The van der Waals surface area contributed by atoms with Crippen LogP contribution in [0.15, 0.2) is 61.4 Å². The van der Waals surface area contributed by atoms with Gasteiger partial charge in [-0.05, 0) is 24.1 Å². The fourth-order valence-electron chi connectivity index (χ4n) is 3.62. The lowest BCUT2D eigenvalue weighted by Crippen LogP contribution is -2.21. The molecular formula is C21H18F3N5O. The fraction of sp³-hybridized carbons (Fsp3) is 0.238. The van der Waals surface area contributed by atoms with Crippen LogP contribution in [0.25, 0.3) is 0 Å². The molecule has 1 unspecified atom stereocenters. The van der Waals surface area contributed by atoms with Crippen molar-refractivity contribution >= 4 is 17.3 Å². The van der Waals surface area contributed by atoms with Gasteiger partial charge in [0, 0.05) is 30.8 Å². The van der Waals surface area contributed by atoms with Crippen LogP contribution in [-0.2, 0) is 6.18 Å². The van der Waals surface area contributed by atoms with E-state index in [9.17, 15) is 18.0 Å². The van der Waals surface area contributed by atoms with Crippen molar-refractivity contribution in [1.29, 1.82) is 0 Å². The zero-order chi connectivity index (χ0) is 21.1. The molecule has 4 rings (SSSR count). The van der Waals surface area contributed by atoms with Gasteiger partial charge in [-0.25, -0.2) is 9.97 Å². The highest BCUT2D eigenvalue weighted by molar-refractivity contribution is 6.05. The van der Waals surface area contributed by atoms with Gasteiger partial charge in [-0.2, -0.15) is 13.2 Å². The number of alkyl halides is 3. The fourth-order valence-corrected chi connectivity index (χ4v) is 3.62. The van der Waals surface area contributed by atoms with Crippen LogP contribution in [0.5, 0.6) is 0 Å². The van der Waals surface area contributed by atoms with Crippen molar-refractivity contribution in [3.8, 4) is 0 Å². The van der Waals surface area contributed by atoms with E-state index in [2.05, 4.69) is 25.2 Å². The molecule has 0 aliphatic carbocycles. The van der Waals surface area contributed by atoms with E-state index in [0.29, 0.717) is 12.1 Å². The van der Waals surface area contributed by atoms with Crippen LogP contribution in [0.3, 0.4) is 0 Å². The molecule has 0 saturated carbocycles. The Bertz CT molecular complexity index is 1040. The predicted molar refractivity (Wildman–Crippen MR) is 105 cm³/mol. The molecule has 154 valence electrons. The summed E-state index contributed by atoms with van der Waals surface area (Å²) < 4.78 is 38.7. The van der Waals surface area contributed by atoms with Crippen LogP contribution < -0.4 is 10.2 Å². The van der Waals surface area contributed by atoms with Crippen molar-refractivity contribution in [1.82, 2.24) is 15.0 Å². The van der Waals surface area contributed by atoms with Gasteiger partial charge in [0.2, 0.25) is 0 Å². The molecule has 3 heterocycles. The summed E-state index contributed by atoms with van der Waals surface area (Å²) in [7, 11) is 0. The number of carbonyl (C=O) groups is 1. The summed E-state index contributed by atoms with van der Waals surface area (Å²) in [4.78, 5) is 26.7. The highest BCUT2D eigenvalue weighted by Gasteiger charge is 2.31. The number of hydrogen-bond donors (Lipinski definition) is 1. The molecule has 2 aromatic heterocycles. The van der Waals surface area contributed by atoms with E-state index in [-0.39, 0.29) is 11.6 Å². The lowest BCUT2D eigenvalue weighted by atomic mass is 9.93. The van der Waals surface area contributed by atoms with Crippen molar-refractivity contribution in [2.24, 2.45) is 0 Å². The molecule has 1 aliphatic heterocycles. The molecule has 0 bridgehead atoms. The number of hydrogen-bond acceptors (Lipinski definition) is 5. The first kappa shape index (κ1) is 19.8. The third-order valence-corrected chi connectivity index (χ3v) is 5.07. The maximum absolute atomic E-state index is 12.9. The van der Waals surface area contributed by atoms with E-state index in [1.165, 1.54) is 12.5 Å². The standard InChI is InChI=1S/C21H18F3N5O/c22-21(23,24)15-7-16(9-25-8-15)28-20(30)19-4-2-1-3-18(19)14-5-6-29(12-14)17-10-26-13-27-11-17/h1-4,7-11,13-14H,5-6,12H2,(H,28,30). The molecule has 1 aliphatic rings. The van der Waals surface area contributed by atoms with Crippen LogP contribution in [-0.4, -0.2) is 33.9 Å². The lowest BCUT2D eigenvalue weighted by Gasteiger charge is -2.19. The van der Waals surface area contributed by atoms with Crippen LogP contribution in [0.4, 0.5) is 24.5 Å². The Morgan fingerprint density at radius 2 is 1.83 bits per heavy atom. The number of benzene rings is 1. The number of nitrogens with zero attached hydrogens (tertiary/aromatic N) is 4. The second-order valence-corrected chi connectivity index (χ2v) is 7.03. The smallest absolute Gasteiger partial charge is 0.368 e. The first-order valence-corrected chi connectivity index (χ1v) is 9.34. The lowest BCUT2D eigenvalue weighted by molar-refractivity contribution is -0.137. The number of rotatable bonds is 4. The molecule has 9 heteroatoms. The number of halogens is 3. The Labute approximate surface area is 170 Å². The normalized spacial score (nSPS) is 16.5. The topological polar surface area (TPSA) is 71.0 Å².